The van der Waals surface area contributed by atoms with Crippen LogP contribution in [0, 0.1) is 12.8 Å². The van der Waals surface area contributed by atoms with E-state index in [4.69, 9.17) is 4.74 Å². The van der Waals surface area contributed by atoms with Gasteiger partial charge in [-0.1, -0.05) is 67.9 Å². The number of hydrogen-bond donors (Lipinski definition) is 1. The molecule has 8 nitrogen and oxygen atoms in total. The molecule has 208 valence electrons. The summed E-state index contributed by atoms with van der Waals surface area (Å²) >= 11 is 0. The summed E-state index contributed by atoms with van der Waals surface area (Å²) in [6.45, 7) is 7.71. The Balaban J connectivity index is 2.01. The van der Waals surface area contributed by atoms with Gasteiger partial charge in [-0.2, -0.15) is 0 Å². The van der Waals surface area contributed by atoms with E-state index < -0.39 is 28.5 Å². The van der Waals surface area contributed by atoms with E-state index in [9.17, 15) is 18.0 Å². The van der Waals surface area contributed by atoms with Crippen LogP contribution >= 0.6 is 0 Å². The number of ether oxygens (including phenoxy) is 1. The highest BCUT2D eigenvalue weighted by Gasteiger charge is 2.32. The Kier molecular flexibility index (Phi) is 10.1. The number of nitrogens with one attached hydrogen (secondary N) is 1. The van der Waals surface area contributed by atoms with E-state index in [2.05, 4.69) is 5.32 Å². The second-order valence-electron chi connectivity index (χ2n) is 9.85. The molecule has 1 N–H and O–H groups in total. The maximum atomic E-state index is 13.9. The average molecular weight is 552 g/mol. The minimum absolute atomic E-state index is 0.0495. The van der Waals surface area contributed by atoms with Crippen molar-refractivity contribution in [1.29, 1.82) is 0 Å². The number of hydrogen-bond acceptors (Lipinski definition) is 5. The molecule has 0 radical (unpaired) electrons. The Morgan fingerprint density at radius 1 is 0.923 bits per heavy atom. The van der Waals surface area contributed by atoms with Gasteiger partial charge in [-0.05, 0) is 49.6 Å². The van der Waals surface area contributed by atoms with Crippen molar-refractivity contribution in [2.24, 2.45) is 5.92 Å². The highest BCUT2D eigenvalue weighted by Crippen LogP contribution is 2.27. The summed E-state index contributed by atoms with van der Waals surface area (Å²) in [4.78, 5) is 28.4. The van der Waals surface area contributed by atoms with E-state index in [1.807, 2.05) is 45.0 Å². The number of carbonyl (C=O) groups excluding carboxylic acids is 2. The normalized spacial score (nSPS) is 12.1. The van der Waals surface area contributed by atoms with Crippen LogP contribution in [0.2, 0.25) is 0 Å². The van der Waals surface area contributed by atoms with Gasteiger partial charge < -0.3 is 15.0 Å². The molecule has 0 spiro atoms. The lowest BCUT2D eigenvalue weighted by Gasteiger charge is -2.32. The molecule has 3 rings (SSSR count). The van der Waals surface area contributed by atoms with Gasteiger partial charge in [0.05, 0.1) is 17.7 Å². The van der Waals surface area contributed by atoms with E-state index in [1.54, 1.807) is 49.4 Å². The summed E-state index contributed by atoms with van der Waals surface area (Å²) in [5.41, 5.74) is 2.17. The lowest BCUT2D eigenvalue weighted by Crippen LogP contribution is -2.51. The summed E-state index contributed by atoms with van der Waals surface area (Å²) in [6.07, 6.45) is 0. The lowest BCUT2D eigenvalue weighted by molar-refractivity contribution is -0.139. The highest BCUT2D eigenvalue weighted by atomic mass is 32.2. The predicted molar refractivity (Wildman–Crippen MR) is 153 cm³/mol. The number of methoxy groups -OCH3 is 1. The maximum absolute atomic E-state index is 13.9. The summed E-state index contributed by atoms with van der Waals surface area (Å²) in [5, 5.41) is 2.89. The minimum atomic E-state index is -4.12. The Labute approximate surface area is 231 Å². The first-order chi connectivity index (χ1) is 18.5. The van der Waals surface area contributed by atoms with Gasteiger partial charge in [-0.15, -0.1) is 0 Å². The van der Waals surface area contributed by atoms with Gasteiger partial charge in [0.2, 0.25) is 11.8 Å². The monoisotopic (exact) mass is 551 g/mol. The maximum Gasteiger partial charge on any atom is 0.264 e. The first-order valence-corrected chi connectivity index (χ1v) is 14.3. The van der Waals surface area contributed by atoms with Crippen molar-refractivity contribution in [3.8, 4) is 5.75 Å². The van der Waals surface area contributed by atoms with Crippen LogP contribution in [-0.2, 0) is 26.2 Å². The van der Waals surface area contributed by atoms with Crippen molar-refractivity contribution < 1.29 is 22.7 Å². The molecule has 3 aromatic carbocycles. The standard InChI is InChI=1S/C30H37N3O5S/c1-22(2)19-31-30(35)24(4)32(20-25-16-14-23(3)15-17-25)29(34)21-33(26-10-9-11-27(18-26)38-5)39(36,37)28-12-7-6-8-13-28/h6-18,22,24H,19-21H2,1-5H3,(H,31,35). The molecule has 3 aromatic rings. The molecule has 0 aromatic heterocycles. The van der Waals surface area contributed by atoms with Crippen molar-refractivity contribution in [1.82, 2.24) is 10.2 Å². The average Bonchev–Trinajstić information content (AvgIpc) is 2.94. The fraction of sp³-hybridized carbons (Fsp3) is 0.333. The molecule has 1 unspecified atom stereocenters. The minimum Gasteiger partial charge on any atom is -0.497 e. The molecular formula is C30H37N3O5S. The third-order valence-corrected chi connectivity index (χ3v) is 8.06. The Morgan fingerprint density at radius 3 is 2.21 bits per heavy atom. The zero-order chi connectivity index (χ0) is 28.6. The fourth-order valence-electron chi connectivity index (χ4n) is 3.94. The van der Waals surface area contributed by atoms with Crippen LogP contribution in [0.3, 0.4) is 0 Å². The number of benzene rings is 3. The summed E-state index contributed by atoms with van der Waals surface area (Å²) in [5.74, 6) is -0.124. The molecule has 0 fully saturated rings. The summed E-state index contributed by atoms with van der Waals surface area (Å²) < 4.78 is 34.0. The van der Waals surface area contributed by atoms with Gasteiger partial charge in [-0.25, -0.2) is 8.42 Å². The van der Waals surface area contributed by atoms with Crippen LogP contribution < -0.4 is 14.4 Å². The van der Waals surface area contributed by atoms with Crippen LogP contribution in [0.25, 0.3) is 0 Å². The molecule has 0 saturated carbocycles. The molecule has 0 aliphatic rings. The van der Waals surface area contributed by atoms with Crippen LogP contribution in [-0.4, -0.2) is 51.4 Å². The van der Waals surface area contributed by atoms with Crippen LogP contribution in [0.1, 0.15) is 31.9 Å². The third kappa shape index (κ3) is 7.83. The molecule has 0 bridgehead atoms. The van der Waals surface area contributed by atoms with Crippen molar-refractivity contribution in [2.45, 2.75) is 45.2 Å². The SMILES string of the molecule is COc1cccc(N(CC(=O)N(Cc2ccc(C)cc2)C(C)C(=O)NCC(C)C)S(=O)(=O)c2ccccc2)c1. The largest absolute Gasteiger partial charge is 0.497 e. The van der Waals surface area contributed by atoms with Crippen LogP contribution in [0.5, 0.6) is 5.75 Å². The summed E-state index contributed by atoms with van der Waals surface area (Å²) in [7, 11) is -2.64. The second kappa shape index (κ2) is 13.3. The zero-order valence-corrected chi connectivity index (χ0v) is 23.9. The van der Waals surface area contributed by atoms with E-state index in [1.165, 1.54) is 24.1 Å². The van der Waals surface area contributed by atoms with E-state index in [-0.39, 0.29) is 29.0 Å². The van der Waals surface area contributed by atoms with E-state index in [0.29, 0.717) is 12.3 Å². The molecule has 0 aliphatic heterocycles. The van der Waals surface area contributed by atoms with E-state index in [0.717, 1.165) is 15.4 Å². The highest BCUT2D eigenvalue weighted by molar-refractivity contribution is 7.92. The zero-order valence-electron chi connectivity index (χ0n) is 23.1. The van der Waals surface area contributed by atoms with Crippen LogP contribution in [0.4, 0.5) is 5.69 Å². The van der Waals surface area contributed by atoms with Gasteiger partial charge in [0.1, 0.15) is 18.3 Å². The number of rotatable bonds is 12. The number of amides is 2. The number of nitrogens with zero attached hydrogens (tertiary/aromatic N) is 2. The van der Waals surface area contributed by atoms with Gasteiger partial charge in [0.15, 0.2) is 0 Å². The number of carbonyl (C=O) groups is 2. The molecular weight excluding hydrogens is 514 g/mol. The molecule has 39 heavy (non-hydrogen) atoms. The molecule has 0 heterocycles. The van der Waals surface area contributed by atoms with E-state index >= 15 is 0 Å². The first-order valence-electron chi connectivity index (χ1n) is 12.9. The van der Waals surface area contributed by atoms with Crippen molar-refractivity contribution in [3.63, 3.8) is 0 Å². The van der Waals surface area contributed by atoms with Gasteiger partial charge in [0.25, 0.3) is 10.0 Å². The number of sulfonamides is 1. The molecule has 0 saturated heterocycles. The van der Waals surface area contributed by atoms with Gasteiger partial charge >= 0.3 is 0 Å². The fourth-order valence-corrected chi connectivity index (χ4v) is 5.37. The number of aryl methyl sites for hydroxylation is 1. The Morgan fingerprint density at radius 2 is 1.59 bits per heavy atom. The topological polar surface area (TPSA) is 96.0 Å². The van der Waals surface area contributed by atoms with Crippen LogP contribution in [0.15, 0.2) is 83.8 Å². The Hall–Kier alpha value is -3.85. The quantitative estimate of drug-likeness (QED) is 0.360. The Bertz CT molecular complexity index is 1360. The molecule has 1 atom stereocenters. The molecule has 9 heteroatoms. The van der Waals surface area contributed by atoms with Gasteiger partial charge in [-0.3, -0.25) is 13.9 Å². The molecule has 0 aliphatic carbocycles. The molecule has 2 amide bonds. The van der Waals surface area contributed by atoms with Crippen molar-refractivity contribution >= 4 is 27.5 Å². The third-order valence-electron chi connectivity index (χ3n) is 6.28. The first kappa shape index (κ1) is 29.7. The van der Waals surface area contributed by atoms with Crippen molar-refractivity contribution in [3.05, 3.63) is 90.0 Å². The second-order valence-corrected chi connectivity index (χ2v) is 11.7. The number of anilines is 1. The van der Waals surface area contributed by atoms with Crippen molar-refractivity contribution in [2.75, 3.05) is 24.5 Å². The lowest BCUT2D eigenvalue weighted by atomic mass is 10.1. The predicted octanol–water partition coefficient (Wildman–Crippen LogP) is 4.39. The van der Waals surface area contributed by atoms with Gasteiger partial charge in [0, 0.05) is 19.2 Å². The smallest absolute Gasteiger partial charge is 0.264 e. The summed E-state index contributed by atoms with van der Waals surface area (Å²) in [6, 6.07) is 21.3.